The molecule has 0 radical (unpaired) electrons. The zero-order chi connectivity index (χ0) is 25.5. The maximum absolute atomic E-state index is 11.8. The fourth-order valence-corrected chi connectivity index (χ4v) is 5.58. The maximum atomic E-state index is 11.8. The van der Waals surface area contributed by atoms with Crippen molar-refractivity contribution in [2.24, 2.45) is 9.98 Å². The number of hydrogen-bond donors (Lipinski definition) is 3. The SMILES string of the molecule is C=N\C(=N/C(=C\C)/C=C1\SC(=O)NC1=O)N[C@H]1CC[C@@H](NC(C)c2cccc(-c3ccsc3)n2)CC1. The first-order valence-corrected chi connectivity index (χ1v) is 13.7. The summed E-state index contributed by atoms with van der Waals surface area (Å²) in [7, 11) is 0. The van der Waals surface area contributed by atoms with Gasteiger partial charge in [-0.05, 0) is 87.7 Å². The summed E-state index contributed by atoms with van der Waals surface area (Å²) in [5, 5.41) is 13.2. The van der Waals surface area contributed by atoms with Crippen LogP contribution in [0, 0.1) is 0 Å². The maximum Gasteiger partial charge on any atom is 0.290 e. The van der Waals surface area contributed by atoms with E-state index in [1.165, 1.54) is 0 Å². The van der Waals surface area contributed by atoms with Gasteiger partial charge in [-0.1, -0.05) is 12.1 Å². The van der Waals surface area contributed by atoms with Gasteiger partial charge in [0.1, 0.15) is 0 Å². The van der Waals surface area contributed by atoms with E-state index in [0.717, 1.165) is 54.4 Å². The number of aliphatic imine (C=N–C) groups is 2. The number of amides is 2. The third kappa shape index (κ3) is 6.77. The molecular formula is C26H30N6O2S2. The lowest BCUT2D eigenvalue weighted by molar-refractivity contribution is -0.115. The van der Waals surface area contributed by atoms with Gasteiger partial charge in [-0.2, -0.15) is 11.3 Å². The summed E-state index contributed by atoms with van der Waals surface area (Å²) in [6.45, 7) is 7.62. The Kier molecular flexibility index (Phi) is 8.84. The molecule has 10 heteroatoms. The van der Waals surface area contributed by atoms with E-state index in [0.29, 0.717) is 22.6 Å². The Balaban J connectivity index is 1.30. The molecule has 3 N–H and O–H groups in total. The summed E-state index contributed by atoms with van der Waals surface area (Å²) in [5.74, 6) is 0.00275. The number of hydrogen-bond acceptors (Lipinski definition) is 7. The van der Waals surface area contributed by atoms with E-state index in [2.05, 4.69) is 74.6 Å². The molecule has 2 aromatic heterocycles. The Bertz CT molecular complexity index is 1200. The summed E-state index contributed by atoms with van der Waals surface area (Å²) in [6, 6.07) is 9.11. The van der Waals surface area contributed by atoms with Gasteiger partial charge in [-0.15, -0.1) is 0 Å². The molecule has 2 amide bonds. The second-order valence-electron chi connectivity index (χ2n) is 8.70. The minimum absolute atomic E-state index is 0.160. The Morgan fingerprint density at radius 3 is 2.64 bits per heavy atom. The Hall–Kier alpha value is -3.08. The summed E-state index contributed by atoms with van der Waals surface area (Å²) in [6.07, 6.45) is 7.34. The first-order valence-electron chi connectivity index (χ1n) is 11.9. The topological polar surface area (TPSA) is 108 Å². The van der Waals surface area contributed by atoms with Crippen molar-refractivity contribution in [3.8, 4) is 11.3 Å². The lowest BCUT2D eigenvalue weighted by Crippen LogP contribution is -2.42. The molecule has 0 bridgehead atoms. The molecule has 1 aliphatic carbocycles. The number of allylic oxidation sites excluding steroid dienone is 2. The largest absolute Gasteiger partial charge is 0.351 e. The van der Waals surface area contributed by atoms with E-state index >= 15 is 0 Å². The molecule has 2 aromatic rings. The molecule has 2 aliphatic rings. The van der Waals surface area contributed by atoms with Crippen LogP contribution >= 0.6 is 23.1 Å². The van der Waals surface area contributed by atoms with Crippen LogP contribution in [0.15, 0.2) is 67.8 Å². The molecule has 0 spiro atoms. The minimum Gasteiger partial charge on any atom is -0.351 e. The molecule has 3 heterocycles. The average molecular weight is 523 g/mol. The molecule has 1 unspecified atom stereocenters. The number of carbonyl (C=O) groups excluding carboxylic acids is 2. The third-order valence-corrected chi connectivity index (χ3v) is 7.67. The number of nitrogens with zero attached hydrogens (tertiary/aromatic N) is 3. The number of guanidine groups is 1. The smallest absolute Gasteiger partial charge is 0.290 e. The Morgan fingerprint density at radius 1 is 1.22 bits per heavy atom. The molecule has 2 fully saturated rings. The van der Waals surface area contributed by atoms with Gasteiger partial charge in [0.15, 0.2) is 0 Å². The van der Waals surface area contributed by atoms with Crippen LogP contribution < -0.4 is 16.0 Å². The molecule has 188 valence electrons. The Labute approximate surface area is 219 Å². The number of aromatic nitrogens is 1. The first-order chi connectivity index (χ1) is 17.4. The standard InChI is InChI=1S/C26H30N6O2S2/c1-4-18(14-23-24(33)32-26(34)36-23)29-25(27-3)30-20-10-8-19(9-11-20)28-16(2)21-6-5-7-22(31-21)17-12-13-35-15-17/h4-7,12-16,19-20,28H,3,8-11H2,1-2H3,(H,29,30)(H,32,33,34)/b18-4-,23-14-/t16?,19-,20+. The molecule has 1 atom stereocenters. The summed E-state index contributed by atoms with van der Waals surface area (Å²) < 4.78 is 0. The van der Waals surface area contributed by atoms with E-state index < -0.39 is 5.91 Å². The van der Waals surface area contributed by atoms with Crippen LogP contribution in [0.5, 0.6) is 0 Å². The molecule has 1 aliphatic heterocycles. The highest BCUT2D eigenvalue weighted by molar-refractivity contribution is 8.18. The number of thiophene rings is 1. The molecule has 36 heavy (non-hydrogen) atoms. The van der Waals surface area contributed by atoms with Crippen LogP contribution in [-0.2, 0) is 4.79 Å². The van der Waals surface area contributed by atoms with Gasteiger partial charge in [-0.3, -0.25) is 19.9 Å². The fraction of sp³-hybridized carbons (Fsp3) is 0.346. The van der Waals surface area contributed by atoms with Crippen molar-refractivity contribution in [3.63, 3.8) is 0 Å². The van der Waals surface area contributed by atoms with Crippen LogP contribution in [0.3, 0.4) is 0 Å². The third-order valence-electron chi connectivity index (χ3n) is 6.18. The molecular weight excluding hydrogens is 492 g/mol. The highest BCUT2D eigenvalue weighted by atomic mass is 32.2. The molecule has 1 saturated carbocycles. The summed E-state index contributed by atoms with van der Waals surface area (Å²) in [4.78, 5) is 36.9. The van der Waals surface area contributed by atoms with E-state index in [-0.39, 0.29) is 17.3 Å². The van der Waals surface area contributed by atoms with Crippen LogP contribution in [0.2, 0.25) is 0 Å². The Morgan fingerprint density at radius 2 is 2.00 bits per heavy atom. The van der Waals surface area contributed by atoms with E-state index in [1.54, 1.807) is 23.5 Å². The van der Waals surface area contributed by atoms with Gasteiger partial charge in [0.25, 0.3) is 11.1 Å². The molecule has 0 aromatic carbocycles. The highest BCUT2D eigenvalue weighted by Crippen LogP contribution is 2.26. The van der Waals surface area contributed by atoms with Crippen molar-refractivity contribution < 1.29 is 9.59 Å². The van der Waals surface area contributed by atoms with Crippen molar-refractivity contribution in [1.82, 2.24) is 20.9 Å². The zero-order valence-corrected chi connectivity index (χ0v) is 22.0. The van der Waals surface area contributed by atoms with Crippen molar-refractivity contribution >= 4 is 46.9 Å². The van der Waals surface area contributed by atoms with Gasteiger partial charge in [0.2, 0.25) is 5.96 Å². The second-order valence-corrected chi connectivity index (χ2v) is 10.5. The number of nitrogens with one attached hydrogen (secondary N) is 3. The quantitative estimate of drug-likeness (QED) is 0.262. The highest BCUT2D eigenvalue weighted by Gasteiger charge is 2.26. The molecule has 1 saturated heterocycles. The predicted molar refractivity (Wildman–Crippen MR) is 148 cm³/mol. The van der Waals surface area contributed by atoms with Gasteiger partial charge < -0.3 is 10.6 Å². The lowest BCUT2D eigenvalue weighted by Gasteiger charge is -2.31. The molecule has 4 rings (SSSR count). The lowest BCUT2D eigenvalue weighted by atomic mass is 9.90. The summed E-state index contributed by atoms with van der Waals surface area (Å²) in [5.41, 5.74) is 3.76. The van der Waals surface area contributed by atoms with E-state index in [9.17, 15) is 9.59 Å². The van der Waals surface area contributed by atoms with Crippen molar-refractivity contribution in [1.29, 1.82) is 0 Å². The zero-order valence-electron chi connectivity index (χ0n) is 20.4. The first kappa shape index (κ1) is 26.0. The number of carbonyl (C=O) groups is 2. The molecule has 8 nitrogen and oxygen atoms in total. The normalized spacial score (nSPS) is 23.0. The second kappa shape index (κ2) is 12.2. The fourth-order valence-electron chi connectivity index (χ4n) is 4.26. The van der Waals surface area contributed by atoms with Gasteiger partial charge in [-0.25, -0.2) is 9.98 Å². The minimum atomic E-state index is -0.408. The van der Waals surface area contributed by atoms with E-state index in [1.807, 2.05) is 6.92 Å². The number of thioether (sulfide) groups is 1. The van der Waals surface area contributed by atoms with Crippen LogP contribution in [0.4, 0.5) is 4.79 Å². The van der Waals surface area contributed by atoms with Gasteiger partial charge in [0, 0.05) is 29.1 Å². The monoisotopic (exact) mass is 522 g/mol. The predicted octanol–water partition coefficient (Wildman–Crippen LogP) is 5.19. The van der Waals surface area contributed by atoms with Gasteiger partial charge >= 0.3 is 0 Å². The van der Waals surface area contributed by atoms with Crippen LogP contribution in [0.1, 0.15) is 51.3 Å². The van der Waals surface area contributed by atoms with E-state index in [4.69, 9.17) is 4.98 Å². The van der Waals surface area contributed by atoms with Crippen molar-refractivity contribution in [2.45, 2.75) is 57.7 Å². The number of imide groups is 1. The van der Waals surface area contributed by atoms with Gasteiger partial charge in [0.05, 0.1) is 22.0 Å². The van der Waals surface area contributed by atoms with Crippen LogP contribution in [-0.4, -0.2) is 40.9 Å². The van der Waals surface area contributed by atoms with Crippen LogP contribution in [0.25, 0.3) is 11.3 Å². The number of rotatable bonds is 7. The van der Waals surface area contributed by atoms with Crippen molar-refractivity contribution in [3.05, 3.63) is 63.5 Å². The van der Waals surface area contributed by atoms with Crippen molar-refractivity contribution in [2.75, 3.05) is 0 Å². The summed E-state index contributed by atoms with van der Waals surface area (Å²) >= 11 is 2.54. The average Bonchev–Trinajstić information content (AvgIpc) is 3.53. The number of pyridine rings is 1.